The van der Waals surface area contributed by atoms with Gasteiger partial charge in [0, 0.05) is 18.3 Å². The largest absolute Gasteiger partial charge is 0.504 e. The van der Waals surface area contributed by atoms with Crippen molar-refractivity contribution >= 4 is 11.6 Å². The van der Waals surface area contributed by atoms with Crippen molar-refractivity contribution in [2.75, 3.05) is 25.5 Å². The molecule has 0 aliphatic rings. The summed E-state index contributed by atoms with van der Waals surface area (Å²) in [6, 6.07) is 4.68. The number of nitrogens with one attached hydrogen (secondary N) is 2. The molecule has 17 heavy (non-hydrogen) atoms. The van der Waals surface area contributed by atoms with Crippen LogP contribution in [0.1, 0.15) is 0 Å². The average molecular weight is 236 g/mol. The highest BCUT2D eigenvalue weighted by atomic mass is 16.5. The standard InChI is InChI=1S/C12H16N2O3/c1-3-6-13-8-12(16)14-9-4-5-11(17-2)10(15)7-9/h3-5,7,13,15H,1,6,8H2,2H3,(H,14,16). The number of phenolic OH excluding ortho intramolecular Hbond substituents is 1. The van der Waals surface area contributed by atoms with Crippen LogP contribution in [0.15, 0.2) is 30.9 Å². The molecule has 0 atom stereocenters. The molecule has 0 fully saturated rings. The van der Waals surface area contributed by atoms with Crippen molar-refractivity contribution in [3.63, 3.8) is 0 Å². The smallest absolute Gasteiger partial charge is 0.238 e. The summed E-state index contributed by atoms with van der Waals surface area (Å²) in [5.74, 6) is 0.175. The highest BCUT2D eigenvalue weighted by Crippen LogP contribution is 2.28. The zero-order valence-corrected chi connectivity index (χ0v) is 9.69. The monoisotopic (exact) mass is 236 g/mol. The molecule has 0 spiro atoms. The van der Waals surface area contributed by atoms with Crippen molar-refractivity contribution in [2.45, 2.75) is 0 Å². The van der Waals surface area contributed by atoms with Gasteiger partial charge in [-0.25, -0.2) is 0 Å². The van der Waals surface area contributed by atoms with E-state index in [0.29, 0.717) is 18.0 Å². The number of hydrogen-bond acceptors (Lipinski definition) is 4. The Kier molecular flexibility index (Phi) is 5.03. The summed E-state index contributed by atoms with van der Waals surface area (Å²) in [5.41, 5.74) is 0.522. The third kappa shape index (κ3) is 4.16. The van der Waals surface area contributed by atoms with Gasteiger partial charge in [0.25, 0.3) is 0 Å². The number of benzene rings is 1. The Hall–Kier alpha value is -2.01. The second kappa shape index (κ2) is 6.55. The van der Waals surface area contributed by atoms with Crippen LogP contribution in [0.3, 0.4) is 0 Å². The van der Waals surface area contributed by atoms with Crippen molar-refractivity contribution in [3.05, 3.63) is 30.9 Å². The topological polar surface area (TPSA) is 70.6 Å². The number of hydrogen-bond donors (Lipinski definition) is 3. The molecular formula is C12H16N2O3. The van der Waals surface area contributed by atoms with Crippen molar-refractivity contribution in [1.29, 1.82) is 0 Å². The molecule has 0 heterocycles. The number of ether oxygens (including phenoxy) is 1. The maximum Gasteiger partial charge on any atom is 0.238 e. The van der Waals surface area contributed by atoms with Gasteiger partial charge in [-0.2, -0.15) is 0 Å². The van der Waals surface area contributed by atoms with Gasteiger partial charge in [0.05, 0.1) is 13.7 Å². The minimum atomic E-state index is -0.184. The number of carbonyl (C=O) groups is 1. The van der Waals surface area contributed by atoms with Gasteiger partial charge in [-0.3, -0.25) is 4.79 Å². The van der Waals surface area contributed by atoms with Crippen LogP contribution >= 0.6 is 0 Å². The number of carbonyl (C=O) groups excluding carboxylic acids is 1. The molecule has 1 amide bonds. The minimum Gasteiger partial charge on any atom is -0.504 e. The van der Waals surface area contributed by atoms with Crippen LogP contribution in [-0.2, 0) is 4.79 Å². The molecule has 0 aromatic heterocycles. The lowest BCUT2D eigenvalue weighted by atomic mass is 10.2. The number of aromatic hydroxyl groups is 1. The zero-order valence-electron chi connectivity index (χ0n) is 9.69. The predicted molar refractivity (Wildman–Crippen MR) is 66.4 cm³/mol. The first-order valence-electron chi connectivity index (χ1n) is 5.16. The third-order valence-electron chi connectivity index (χ3n) is 2.04. The molecule has 0 saturated carbocycles. The molecule has 1 aromatic carbocycles. The number of amides is 1. The van der Waals surface area contributed by atoms with Gasteiger partial charge in [0.15, 0.2) is 11.5 Å². The van der Waals surface area contributed by atoms with E-state index in [1.807, 2.05) is 0 Å². The summed E-state index contributed by atoms with van der Waals surface area (Å²) in [4.78, 5) is 11.4. The van der Waals surface area contributed by atoms with Gasteiger partial charge in [-0.05, 0) is 12.1 Å². The van der Waals surface area contributed by atoms with Crippen LogP contribution < -0.4 is 15.4 Å². The normalized spacial score (nSPS) is 9.71. The first-order chi connectivity index (χ1) is 8.17. The van der Waals surface area contributed by atoms with Gasteiger partial charge in [-0.1, -0.05) is 6.08 Å². The van der Waals surface area contributed by atoms with E-state index in [1.54, 1.807) is 18.2 Å². The van der Waals surface area contributed by atoms with Gasteiger partial charge in [-0.15, -0.1) is 6.58 Å². The summed E-state index contributed by atoms with van der Waals surface area (Å²) in [5, 5.41) is 15.0. The number of rotatable bonds is 6. The van der Waals surface area contributed by atoms with Gasteiger partial charge in [0.1, 0.15) is 0 Å². The number of methoxy groups -OCH3 is 1. The van der Waals surface area contributed by atoms with Crippen molar-refractivity contribution in [2.24, 2.45) is 0 Å². The Morgan fingerprint density at radius 1 is 1.59 bits per heavy atom. The molecule has 1 aromatic rings. The SMILES string of the molecule is C=CCNCC(=O)Nc1ccc(OC)c(O)c1. The fourth-order valence-electron chi connectivity index (χ4n) is 1.26. The average Bonchev–Trinajstić information content (AvgIpc) is 2.29. The fourth-order valence-corrected chi connectivity index (χ4v) is 1.26. The second-order valence-corrected chi connectivity index (χ2v) is 3.35. The summed E-state index contributed by atoms with van der Waals surface area (Å²) in [6.45, 7) is 4.30. The molecule has 5 nitrogen and oxygen atoms in total. The van der Waals surface area contributed by atoms with Gasteiger partial charge in [0.2, 0.25) is 5.91 Å². The molecule has 1 rings (SSSR count). The molecule has 3 N–H and O–H groups in total. The molecular weight excluding hydrogens is 220 g/mol. The van der Waals surface area contributed by atoms with Crippen LogP contribution in [0.5, 0.6) is 11.5 Å². The Balaban J connectivity index is 2.53. The zero-order chi connectivity index (χ0) is 12.7. The Labute approximate surface area is 100 Å². The van der Waals surface area contributed by atoms with Crippen LogP contribution in [0.4, 0.5) is 5.69 Å². The van der Waals surface area contributed by atoms with Gasteiger partial charge < -0.3 is 20.5 Å². The van der Waals surface area contributed by atoms with Crippen molar-refractivity contribution in [3.8, 4) is 11.5 Å². The molecule has 5 heteroatoms. The van der Waals surface area contributed by atoms with E-state index in [2.05, 4.69) is 17.2 Å². The van der Waals surface area contributed by atoms with E-state index in [9.17, 15) is 9.90 Å². The van der Waals surface area contributed by atoms with E-state index in [-0.39, 0.29) is 18.2 Å². The van der Waals surface area contributed by atoms with E-state index in [4.69, 9.17) is 4.74 Å². The molecule has 0 radical (unpaired) electrons. The highest BCUT2D eigenvalue weighted by Gasteiger charge is 2.05. The first-order valence-corrected chi connectivity index (χ1v) is 5.16. The maximum absolute atomic E-state index is 11.4. The minimum absolute atomic E-state index is 0.00986. The van der Waals surface area contributed by atoms with Crippen LogP contribution in [-0.4, -0.2) is 31.2 Å². The molecule has 0 aliphatic heterocycles. The van der Waals surface area contributed by atoms with E-state index < -0.39 is 0 Å². The predicted octanol–water partition coefficient (Wildman–Crippen LogP) is 1.11. The molecule has 0 aliphatic carbocycles. The van der Waals surface area contributed by atoms with E-state index in [1.165, 1.54) is 13.2 Å². The Bertz CT molecular complexity index is 405. The van der Waals surface area contributed by atoms with E-state index in [0.717, 1.165) is 0 Å². The van der Waals surface area contributed by atoms with Crippen molar-refractivity contribution < 1.29 is 14.6 Å². The van der Waals surface area contributed by atoms with E-state index >= 15 is 0 Å². The second-order valence-electron chi connectivity index (χ2n) is 3.35. The quantitative estimate of drug-likeness (QED) is 0.511. The molecule has 0 unspecified atom stereocenters. The van der Waals surface area contributed by atoms with Gasteiger partial charge >= 0.3 is 0 Å². The van der Waals surface area contributed by atoms with Crippen LogP contribution in [0.2, 0.25) is 0 Å². The fraction of sp³-hybridized carbons (Fsp3) is 0.250. The summed E-state index contributed by atoms with van der Waals surface area (Å²) in [7, 11) is 1.46. The summed E-state index contributed by atoms with van der Waals surface area (Å²) in [6.07, 6.45) is 1.67. The summed E-state index contributed by atoms with van der Waals surface area (Å²) < 4.78 is 4.90. The lowest BCUT2D eigenvalue weighted by Gasteiger charge is -2.08. The summed E-state index contributed by atoms with van der Waals surface area (Å²) >= 11 is 0. The maximum atomic E-state index is 11.4. The molecule has 0 saturated heterocycles. The highest BCUT2D eigenvalue weighted by molar-refractivity contribution is 5.92. The molecule has 92 valence electrons. The lowest BCUT2D eigenvalue weighted by molar-refractivity contribution is -0.115. The number of phenols is 1. The third-order valence-corrected chi connectivity index (χ3v) is 2.04. The number of anilines is 1. The first kappa shape index (κ1) is 13.1. The van der Waals surface area contributed by atoms with Crippen molar-refractivity contribution in [1.82, 2.24) is 5.32 Å². The Morgan fingerprint density at radius 3 is 2.94 bits per heavy atom. The lowest BCUT2D eigenvalue weighted by Crippen LogP contribution is -2.28. The van der Waals surface area contributed by atoms with Crippen LogP contribution in [0.25, 0.3) is 0 Å². The Morgan fingerprint density at radius 2 is 2.35 bits per heavy atom. The van der Waals surface area contributed by atoms with Crippen LogP contribution in [0, 0.1) is 0 Å². The molecule has 0 bridgehead atoms.